The third kappa shape index (κ3) is 2.75. The van der Waals surface area contributed by atoms with Crippen molar-refractivity contribution in [1.29, 1.82) is 0 Å². The molecule has 1 heterocycles. The summed E-state index contributed by atoms with van der Waals surface area (Å²) in [7, 11) is 0. The van der Waals surface area contributed by atoms with Gasteiger partial charge in [-0.25, -0.2) is 0 Å². The minimum Gasteiger partial charge on any atom is -0.369 e. The molecule has 3 aliphatic rings. The maximum Gasteiger partial charge on any atom is 0.0838 e. The Morgan fingerprint density at radius 3 is 2.61 bits per heavy atom. The molecule has 2 heteroatoms. The van der Waals surface area contributed by atoms with E-state index in [0.717, 1.165) is 24.9 Å². The molecule has 2 saturated carbocycles. The first-order valence-corrected chi connectivity index (χ1v) is 8.21. The second-order valence-corrected chi connectivity index (χ2v) is 6.85. The highest BCUT2D eigenvalue weighted by molar-refractivity contribution is 5.00. The molecule has 0 aromatic rings. The van der Waals surface area contributed by atoms with Crippen LogP contribution in [-0.4, -0.2) is 24.8 Å². The van der Waals surface area contributed by atoms with Gasteiger partial charge in [0, 0.05) is 13.1 Å². The smallest absolute Gasteiger partial charge is 0.0838 e. The number of ether oxygens (including phenoxy) is 1. The van der Waals surface area contributed by atoms with Crippen molar-refractivity contribution in [2.75, 3.05) is 13.1 Å². The number of rotatable bonds is 5. The van der Waals surface area contributed by atoms with Crippen molar-refractivity contribution in [3.8, 4) is 0 Å². The zero-order chi connectivity index (χ0) is 12.4. The Morgan fingerprint density at radius 2 is 1.94 bits per heavy atom. The van der Waals surface area contributed by atoms with Gasteiger partial charge in [-0.1, -0.05) is 39.0 Å². The van der Waals surface area contributed by atoms with Crippen LogP contribution in [0.5, 0.6) is 0 Å². The third-order valence-corrected chi connectivity index (χ3v) is 5.26. The molecule has 0 radical (unpaired) electrons. The van der Waals surface area contributed by atoms with Gasteiger partial charge in [-0.2, -0.15) is 0 Å². The largest absolute Gasteiger partial charge is 0.369 e. The molecule has 3 fully saturated rings. The van der Waals surface area contributed by atoms with Gasteiger partial charge in [-0.05, 0) is 37.5 Å². The van der Waals surface area contributed by atoms with Crippen molar-refractivity contribution in [2.24, 2.45) is 11.8 Å². The van der Waals surface area contributed by atoms with E-state index in [1.807, 2.05) is 0 Å². The van der Waals surface area contributed by atoms with Crippen molar-refractivity contribution in [3.05, 3.63) is 0 Å². The fourth-order valence-electron chi connectivity index (χ4n) is 4.23. The molecule has 2 atom stereocenters. The Labute approximate surface area is 112 Å². The van der Waals surface area contributed by atoms with E-state index in [2.05, 4.69) is 12.2 Å². The molecule has 0 aromatic heterocycles. The molecule has 0 amide bonds. The summed E-state index contributed by atoms with van der Waals surface area (Å²) < 4.78 is 6.64. The number of nitrogens with one attached hydrogen (secondary N) is 1. The van der Waals surface area contributed by atoms with Crippen LogP contribution in [0.15, 0.2) is 0 Å². The number of hydrogen-bond donors (Lipinski definition) is 1. The summed E-state index contributed by atoms with van der Waals surface area (Å²) in [5.74, 6) is 1.81. The molecule has 1 N–H and O–H groups in total. The Morgan fingerprint density at radius 1 is 1.17 bits per heavy atom. The van der Waals surface area contributed by atoms with Gasteiger partial charge in [0.05, 0.1) is 11.7 Å². The van der Waals surface area contributed by atoms with Crippen LogP contribution in [0, 0.1) is 11.8 Å². The van der Waals surface area contributed by atoms with Crippen LogP contribution < -0.4 is 5.32 Å². The molecule has 2 aliphatic carbocycles. The van der Waals surface area contributed by atoms with Crippen LogP contribution in [0.3, 0.4) is 0 Å². The standard InChI is InChI=1S/C16H29NO/c1-2-9-16(14-7-8-14)12-17-11-15(18-16)10-13-5-3-4-6-13/h13-15,17H,2-12H2,1H3. The van der Waals surface area contributed by atoms with E-state index in [-0.39, 0.29) is 5.60 Å². The second-order valence-electron chi connectivity index (χ2n) is 6.85. The fraction of sp³-hybridized carbons (Fsp3) is 1.00. The van der Waals surface area contributed by atoms with Gasteiger partial charge in [0.15, 0.2) is 0 Å². The van der Waals surface area contributed by atoms with Crippen molar-refractivity contribution in [1.82, 2.24) is 5.32 Å². The number of morpholine rings is 1. The summed E-state index contributed by atoms with van der Waals surface area (Å²) in [5.41, 5.74) is 0.205. The third-order valence-electron chi connectivity index (χ3n) is 5.26. The lowest BCUT2D eigenvalue weighted by Gasteiger charge is -2.43. The normalized spacial score (nSPS) is 38.2. The molecule has 1 saturated heterocycles. The molecule has 104 valence electrons. The summed E-state index contributed by atoms with van der Waals surface area (Å²) in [6.07, 6.45) is 12.9. The highest BCUT2D eigenvalue weighted by Crippen LogP contribution is 2.46. The maximum absolute atomic E-state index is 6.64. The van der Waals surface area contributed by atoms with Crippen LogP contribution >= 0.6 is 0 Å². The van der Waals surface area contributed by atoms with E-state index in [0.29, 0.717) is 6.10 Å². The molecule has 1 aliphatic heterocycles. The minimum atomic E-state index is 0.205. The Bertz CT molecular complexity index is 266. The van der Waals surface area contributed by atoms with Gasteiger partial charge in [0.2, 0.25) is 0 Å². The molecule has 0 spiro atoms. The lowest BCUT2D eigenvalue weighted by atomic mass is 9.88. The second kappa shape index (κ2) is 5.50. The summed E-state index contributed by atoms with van der Waals surface area (Å²) in [6.45, 7) is 4.50. The van der Waals surface area contributed by atoms with E-state index in [4.69, 9.17) is 4.74 Å². The molecule has 0 bridgehead atoms. The van der Waals surface area contributed by atoms with Crippen molar-refractivity contribution >= 4 is 0 Å². The van der Waals surface area contributed by atoms with Gasteiger partial charge in [0.1, 0.15) is 0 Å². The lowest BCUT2D eigenvalue weighted by Crippen LogP contribution is -2.55. The van der Waals surface area contributed by atoms with Gasteiger partial charge in [-0.3, -0.25) is 0 Å². The molecule has 2 unspecified atom stereocenters. The summed E-state index contributed by atoms with van der Waals surface area (Å²) in [4.78, 5) is 0. The van der Waals surface area contributed by atoms with Crippen LogP contribution in [0.1, 0.15) is 64.7 Å². The Kier molecular flexibility index (Phi) is 3.95. The lowest BCUT2D eigenvalue weighted by molar-refractivity contribution is -0.139. The molecule has 2 nitrogen and oxygen atoms in total. The van der Waals surface area contributed by atoms with E-state index >= 15 is 0 Å². The van der Waals surface area contributed by atoms with Crippen LogP contribution in [0.25, 0.3) is 0 Å². The van der Waals surface area contributed by atoms with E-state index < -0.39 is 0 Å². The molecular weight excluding hydrogens is 222 g/mol. The first-order valence-electron chi connectivity index (χ1n) is 8.21. The first-order chi connectivity index (χ1) is 8.82. The van der Waals surface area contributed by atoms with Gasteiger partial charge >= 0.3 is 0 Å². The number of hydrogen-bond acceptors (Lipinski definition) is 2. The Balaban J connectivity index is 1.58. The zero-order valence-electron chi connectivity index (χ0n) is 11.9. The average molecular weight is 251 g/mol. The van der Waals surface area contributed by atoms with Crippen LogP contribution in [0.2, 0.25) is 0 Å². The molecular formula is C16H29NO. The minimum absolute atomic E-state index is 0.205. The van der Waals surface area contributed by atoms with E-state index in [1.54, 1.807) is 0 Å². The van der Waals surface area contributed by atoms with Crippen molar-refractivity contribution in [3.63, 3.8) is 0 Å². The summed E-state index contributed by atoms with van der Waals surface area (Å²) in [6, 6.07) is 0. The maximum atomic E-state index is 6.64. The molecule has 3 rings (SSSR count). The molecule has 0 aromatic carbocycles. The fourth-order valence-corrected chi connectivity index (χ4v) is 4.23. The quantitative estimate of drug-likeness (QED) is 0.807. The zero-order valence-corrected chi connectivity index (χ0v) is 11.9. The monoisotopic (exact) mass is 251 g/mol. The SMILES string of the molecule is CCCC1(C2CC2)CNCC(CC2CCCC2)O1. The van der Waals surface area contributed by atoms with Crippen LogP contribution in [0.4, 0.5) is 0 Å². The van der Waals surface area contributed by atoms with Crippen LogP contribution in [-0.2, 0) is 4.74 Å². The van der Waals surface area contributed by atoms with Crippen molar-refractivity contribution < 1.29 is 4.74 Å². The van der Waals surface area contributed by atoms with Gasteiger partial charge in [-0.15, -0.1) is 0 Å². The highest BCUT2D eigenvalue weighted by atomic mass is 16.5. The average Bonchev–Trinajstić information content (AvgIpc) is 3.11. The summed E-state index contributed by atoms with van der Waals surface area (Å²) >= 11 is 0. The predicted molar refractivity (Wildman–Crippen MR) is 74.7 cm³/mol. The first kappa shape index (κ1) is 12.9. The topological polar surface area (TPSA) is 21.3 Å². The van der Waals surface area contributed by atoms with Crippen molar-refractivity contribution in [2.45, 2.75) is 76.4 Å². The summed E-state index contributed by atoms with van der Waals surface area (Å²) in [5, 5.41) is 3.68. The van der Waals surface area contributed by atoms with Gasteiger partial charge in [0.25, 0.3) is 0 Å². The Hall–Kier alpha value is -0.0800. The molecule has 18 heavy (non-hydrogen) atoms. The van der Waals surface area contributed by atoms with Gasteiger partial charge < -0.3 is 10.1 Å². The predicted octanol–water partition coefficient (Wildman–Crippen LogP) is 3.50. The van der Waals surface area contributed by atoms with E-state index in [9.17, 15) is 0 Å². The highest BCUT2D eigenvalue weighted by Gasteiger charge is 2.48. The van der Waals surface area contributed by atoms with E-state index in [1.165, 1.54) is 57.8 Å².